The van der Waals surface area contributed by atoms with Gasteiger partial charge in [-0.15, -0.1) is 0 Å². The van der Waals surface area contributed by atoms with E-state index in [9.17, 15) is 18.0 Å². The van der Waals surface area contributed by atoms with Gasteiger partial charge >= 0.3 is 6.03 Å². The van der Waals surface area contributed by atoms with Gasteiger partial charge in [0.15, 0.2) is 9.84 Å². The zero-order valence-electron chi connectivity index (χ0n) is 17.1. The maximum atomic E-state index is 13.0. The van der Waals surface area contributed by atoms with Crippen molar-refractivity contribution in [1.29, 1.82) is 0 Å². The highest BCUT2D eigenvalue weighted by atomic mass is 32.2. The van der Waals surface area contributed by atoms with E-state index >= 15 is 0 Å². The molecule has 0 saturated carbocycles. The number of nitrogens with zero attached hydrogens (tertiary/aromatic N) is 3. The summed E-state index contributed by atoms with van der Waals surface area (Å²) in [6.45, 7) is 2.58. The molecule has 0 unspecified atom stereocenters. The minimum atomic E-state index is -3.27. The standard InChI is InChI=1S/C20H28N4O5S/c1-30(27,28)16-9-15(10-21-11-16)8-14-2-5-23(6-3-14)20(26)24-7-4-18-17(12-24)22-19(25)13-29-18/h9-11,14,17-18H,2-8,12-13H2,1H3,(H,22,25)/t17-,18+/m1/s1. The second kappa shape index (κ2) is 8.50. The van der Waals surface area contributed by atoms with Crippen LogP contribution in [-0.2, 0) is 25.8 Å². The Bertz CT molecular complexity index is 914. The molecule has 3 amide bonds. The van der Waals surface area contributed by atoms with E-state index in [1.165, 1.54) is 12.5 Å². The number of pyridine rings is 1. The van der Waals surface area contributed by atoms with Gasteiger partial charge < -0.3 is 19.9 Å². The first-order valence-corrected chi connectivity index (χ1v) is 12.3. The number of likely N-dealkylation sites (tertiary alicyclic amines) is 2. The molecule has 10 heteroatoms. The lowest BCUT2D eigenvalue weighted by atomic mass is 9.91. The molecule has 3 aliphatic heterocycles. The van der Waals surface area contributed by atoms with Crippen LogP contribution in [-0.4, -0.2) is 86.3 Å². The van der Waals surface area contributed by atoms with Crippen LogP contribution in [0.15, 0.2) is 23.4 Å². The monoisotopic (exact) mass is 436 g/mol. The van der Waals surface area contributed by atoms with Crippen molar-refractivity contribution < 1.29 is 22.7 Å². The van der Waals surface area contributed by atoms with Crippen molar-refractivity contribution in [3.8, 4) is 0 Å². The first kappa shape index (κ1) is 21.0. The number of morpholine rings is 1. The second-order valence-electron chi connectivity index (χ2n) is 8.48. The largest absolute Gasteiger partial charge is 0.366 e. The summed E-state index contributed by atoms with van der Waals surface area (Å²) in [5.41, 5.74) is 0.915. The normalized spacial score (nSPS) is 25.6. The van der Waals surface area contributed by atoms with Crippen LogP contribution >= 0.6 is 0 Å². The molecule has 0 aromatic carbocycles. The van der Waals surface area contributed by atoms with Crippen molar-refractivity contribution in [2.75, 3.05) is 39.0 Å². The minimum absolute atomic E-state index is 0.00575. The molecule has 164 valence electrons. The van der Waals surface area contributed by atoms with Crippen LogP contribution in [0.4, 0.5) is 4.79 Å². The van der Waals surface area contributed by atoms with Crippen molar-refractivity contribution >= 4 is 21.8 Å². The summed E-state index contributed by atoms with van der Waals surface area (Å²) in [7, 11) is -3.27. The second-order valence-corrected chi connectivity index (χ2v) is 10.5. The van der Waals surface area contributed by atoms with Gasteiger partial charge in [-0.1, -0.05) is 0 Å². The number of rotatable bonds is 3. The average Bonchev–Trinajstić information content (AvgIpc) is 2.73. The van der Waals surface area contributed by atoms with Crippen molar-refractivity contribution in [2.24, 2.45) is 5.92 Å². The van der Waals surface area contributed by atoms with E-state index in [2.05, 4.69) is 10.3 Å². The Balaban J connectivity index is 1.29. The van der Waals surface area contributed by atoms with Gasteiger partial charge in [0, 0.05) is 44.8 Å². The Morgan fingerprint density at radius 1 is 1.20 bits per heavy atom. The Labute approximate surface area is 176 Å². The Hall–Kier alpha value is -2.20. The number of hydrogen-bond acceptors (Lipinski definition) is 6. The lowest BCUT2D eigenvalue weighted by Crippen LogP contribution is -2.62. The zero-order chi connectivity index (χ0) is 21.3. The van der Waals surface area contributed by atoms with Crippen molar-refractivity contribution in [3.05, 3.63) is 24.0 Å². The summed E-state index contributed by atoms with van der Waals surface area (Å²) in [6, 6.07) is 1.59. The van der Waals surface area contributed by atoms with Crippen LogP contribution < -0.4 is 5.32 Å². The van der Waals surface area contributed by atoms with E-state index in [0.717, 1.165) is 31.2 Å². The number of aromatic nitrogens is 1. The van der Waals surface area contributed by atoms with Gasteiger partial charge in [-0.05, 0) is 43.2 Å². The summed E-state index contributed by atoms with van der Waals surface area (Å²) in [5.74, 6) is 0.267. The number of nitrogens with one attached hydrogen (secondary N) is 1. The molecule has 30 heavy (non-hydrogen) atoms. The number of urea groups is 1. The average molecular weight is 437 g/mol. The van der Waals surface area contributed by atoms with Crippen LogP contribution in [0.25, 0.3) is 0 Å². The third kappa shape index (κ3) is 4.75. The predicted molar refractivity (Wildman–Crippen MR) is 109 cm³/mol. The maximum Gasteiger partial charge on any atom is 0.320 e. The van der Waals surface area contributed by atoms with E-state index in [1.807, 2.05) is 9.80 Å². The molecule has 3 fully saturated rings. The molecule has 0 aliphatic carbocycles. The molecule has 9 nitrogen and oxygen atoms in total. The Morgan fingerprint density at radius 2 is 1.93 bits per heavy atom. The maximum absolute atomic E-state index is 13.0. The molecule has 4 rings (SSSR count). The SMILES string of the molecule is CS(=O)(=O)c1cncc(CC2CCN(C(=O)N3CC[C@@H]4OCC(=O)N[C@@H]4C3)CC2)c1. The third-order valence-corrected chi connectivity index (χ3v) is 7.28. The smallest absolute Gasteiger partial charge is 0.320 e. The van der Waals surface area contributed by atoms with Gasteiger partial charge in [0.2, 0.25) is 5.91 Å². The van der Waals surface area contributed by atoms with E-state index in [0.29, 0.717) is 32.1 Å². The number of ether oxygens (including phenoxy) is 1. The molecule has 3 saturated heterocycles. The van der Waals surface area contributed by atoms with Crippen LogP contribution in [0.2, 0.25) is 0 Å². The molecule has 0 bridgehead atoms. The highest BCUT2D eigenvalue weighted by Gasteiger charge is 2.38. The summed E-state index contributed by atoms with van der Waals surface area (Å²) in [4.78, 5) is 32.5. The fraction of sp³-hybridized carbons (Fsp3) is 0.650. The molecular formula is C20H28N4O5S. The highest BCUT2D eigenvalue weighted by Crippen LogP contribution is 2.25. The molecule has 1 N–H and O–H groups in total. The summed E-state index contributed by atoms with van der Waals surface area (Å²) in [6.07, 6.45) is 7.51. The molecule has 4 heterocycles. The number of sulfone groups is 1. The van der Waals surface area contributed by atoms with E-state index in [4.69, 9.17) is 4.74 Å². The summed E-state index contributed by atoms with van der Waals surface area (Å²) >= 11 is 0. The van der Waals surface area contributed by atoms with Crippen LogP contribution in [0.1, 0.15) is 24.8 Å². The Kier molecular flexibility index (Phi) is 5.97. The first-order chi connectivity index (χ1) is 14.3. The third-order valence-electron chi connectivity index (χ3n) is 6.20. The van der Waals surface area contributed by atoms with E-state index < -0.39 is 9.84 Å². The molecule has 0 radical (unpaired) electrons. The minimum Gasteiger partial charge on any atom is -0.366 e. The number of piperidine rings is 2. The Morgan fingerprint density at radius 3 is 2.67 bits per heavy atom. The van der Waals surface area contributed by atoms with E-state index in [1.54, 1.807) is 12.3 Å². The number of hydrogen-bond donors (Lipinski definition) is 1. The molecular weight excluding hydrogens is 408 g/mol. The van der Waals surface area contributed by atoms with Crippen molar-refractivity contribution in [3.63, 3.8) is 0 Å². The quantitative estimate of drug-likeness (QED) is 0.737. The number of carbonyl (C=O) groups is 2. The van der Waals surface area contributed by atoms with Crippen LogP contribution in [0.5, 0.6) is 0 Å². The van der Waals surface area contributed by atoms with Gasteiger partial charge in [0.25, 0.3) is 0 Å². The van der Waals surface area contributed by atoms with Crippen LogP contribution in [0, 0.1) is 5.92 Å². The molecule has 3 aliphatic rings. The fourth-order valence-electron chi connectivity index (χ4n) is 4.51. The van der Waals surface area contributed by atoms with Gasteiger partial charge in [-0.3, -0.25) is 9.78 Å². The number of carbonyl (C=O) groups excluding carboxylic acids is 2. The fourth-order valence-corrected chi connectivity index (χ4v) is 5.13. The first-order valence-electron chi connectivity index (χ1n) is 10.4. The van der Waals surface area contributed by atoms with Gasteiger partial charge in [0.05, 0.1) is 17.0 Å². The van der Waals surface area contributed by atoms with E-state index in [-0.39, 0.29) is 35.6 Å². The summed E-state index contributed by atoms with van der Waals surface area (Å²) in [5, 5.41) is 2.93. The molecule has 0 spiro atoms. The van der Waals surface area contributed by atoms with Crippen molar-refractivity contribution in [2.45, 2.75) is 42.7 Å². The zero-order valence-corrected chi connectivity index (χ0v) is 17.9. The molecule has 1 aromatic rings. The van der Waals surface area contributed by atoms with Gasteiger partial charge in [0.1, 0.15) is 6.61 Å². The van der Waals surface area contributed by atoms with Gasteiger partial charge in [-0.2, -0.15) is 0 Å². The van der Waals surface area contributed by atoms with Gasteiger partial charge in [-0.25, -0.2) is 13.2 Å². The molecule has 2 atom stereocenters. The number of fused-ring (bicyclic) bond motifs is 1. The summed E-state index contributed by atoms with van der Waals surface area (Å²) < 4.78 is 29.0. The van der Waals surface area contributed by atoms with Crippen LogP contribution in [0.3, 0.4) is 0 Å². The topological polar surface area (TPSA) is 109 Å². The van der Waals surface area contributed by atoms with Crippen molar-refractivity contribution in [1.82, 2.24) is 20.1 Å². The lowest BCUT2D eigenvalue weighted by molar-refractivity contribution is -0.139. The predicted octanol–water partition coefficient (Wildman–Crippen LogP) is 0.449. The number of amides is 3. The molecule has 1 aromatic heterocycles. The lowest BCUT2D eigenvalue weighted by Gasteiger charge is -2.43. The highest BCUT2D eigenvalue weighted by molar-refractivity contribution is 7.90.